The third-order valence-electron chi connectivity index (χ3n) is 2.92. The molecule has 126 valence electrons. The number of aromatic nitrogens is 1. The van der Waals surface area contributed by atoms with Crippen LogP contribution >= 0.6 is 0 Å². The maximum absolute atomic E-state index is 13.1. The van der Waals surface area contributed by atoms with Crippen molar-refractivity contribution in [3.63, 3.8) is 0 Å². The number of alkyl halides is 5. The Morgan fingerprint density at radius 3 is 2.26 bits per heavy atom. The van der Waals surface area contributed by atoms with E-state index in [0.717, 1.165) is 7.11 Å². The lowest BCUT2D eigenvalue weighted by Crippen LogP contribution is -2.21. The molecule has 1 aromatic heterocycles. The Hall–Kier alpha value is -2.24. The topological polar surface area (TPSA) is 63.0 Å². The van der Waals surface area contributed by atoms with Gasteiger partial charge < -0.3 is 4.74 Å². The summed E-state index contributed by atoms with van der Waals surface area (Å²) in [4.78, 5) is 14.6. The van der Waals surface area contributed by atoms with Crippen molar-refractivity contribution in [1.82, 2.24) is 4.98 Å². The number of carbonyl (C=O) groups is 1. The van der Waals surface area contributed by atoms with Gasteiger partial charge in [-0.15, -0.1) is 0 Å². The summed E-state index contributed by atoms with van der Waals surface area (Å²) >= 11 is 0. The highest BCUT2D eigenvalue weighted by atomic mass is 19.4. The van der Waals surface area contributed by atoms with Crippen molar-refractivity contribution < 1.29 is 31.5 Å². The van der Waals surface area contributed by atoms with Gasteiger partial charge in [-0.05, 0) is 17.9 Å². The third-order valence-corrected chi connectivity index (χ3v) is 2.92. The molecule has 0 saturated carbocycles. The van der Waals surface area contributed by atoms with Gasteiger partial charge in [0.25, 0.3) is 6.43 Å². The van der Waals surface area contributed by atoms with Gasteiger partial charge in [-0.2, -0.15) is 18.4 Å². The molecule has 1 aromatic rings. The van der Waals surface area contributed by atoms with Crippen LogP contribution in [0.1, 0.15) is 53.1 Å². The van der Waals surface area contributed by atoms with Crippen molar-refractivity contribution in [2.45, 2.75) is 32.9 Å². The van der Waals surface area contributed by atoms with E-state index < -0.39 is 46.6 Å². The number of nitrogens with zero attached hydrogens (tertiary/aromatic N) is 2. The van der Waals surface area contributed by atoms with E-state index >= 15 is 0 Å². The molecule has 9 heteroatoms. The van der Waals surface area contributed by atoms with Crippen molar-refractivity contribution in [3.05, 3.63) is 28.1 Å². The van der Waals surface area contributed by atoms with E-state index in [4.69, 9.17) is 5.26 Å². The van der Waals surface area contributed by atoms with Crippen molar-refractivity contribution in [2.75, 3.05) is 7.11 Å². The van der Waals surface area contributed by atoms with Gasteiger partial charge in [0.2, 0.25) is 0 Å². The first-order valence-electron chi connectivity index (χ1n) is 6.45. The summed E-state index contributed by atoms with van der Waals surface area (Å²) in [5, 5.41) is 9.05. The predicted molar refractivity (Wildman–Crippen MR) is 68.8 cm³/mol. The van der Waals surface area contributed by atoms with Gasteiger partial charge in [0.15, 0.2) is 5.69 Å². The summed E-state index contributed by atoms with van der Waals surface area (Å²) in [5.74, 6) is -1.55. The van der Waals surface area contributed by atoms with Gasteiger partial charge in [-0.1, -0.05) is 13.8 Å². The number of rotatable bonds is 4. The molecule has 0 aliphatic rings. The molecule has 0 spiro atoms. The molecule has 0 bridgehead atoms. The van der Waals surface area contributed by atoms with Gasteiger partial charge in [-0.3, -0.25) is 0 Å². The first kappa shape index (κ1) is 18.8. The summed E-state index contributed by atoms with van der Waals surface area (Å²) in [5.41, 5.74) is -5.19. The Balaban J connectivity index is 3.93. The quantitative estimate of drug-likeness (QED) is 0.618. The largest absolute Gasteiger partial charge is 0.465 e. The van der Waals surface area contributed by atoms with Crippen LogP contribution < -0.4 is 0 Å². The van der Waals surface area contributed by atoms with Gasteiger partial charge >= 0.3 is 12.1 Å². The average molecular weight is 336 g/mol. The van der Waals surface area contributed by atoms with Crippen molar-refractivity contribution in [2.24, 2.45) is 5.92 Å². The molecule has 0 fully saturated rings. The van der Waals surface area contributed by atoms with Crippen LogP contribution in [-0.2, 0) is 17.3 Å². The van der Waals surface area contributed by atoms with Crippen LogP contribution in [0.15, 0.2) is 0 Å². The lowest BCUT2D eigenvalue weighted by atomic mass is 9.91. The molecule has 0 aliphatic carbocycles. The Morgan fingerprint density at radius 2 is 1.91 bits per heavy atom. The molecule has 0 unspecified atom stereocenters. The number of esters is 1. The van der Waals surface area contributed by atoms with Crippen LogP contribution in [0.2, 0.25) is 0 Å². The lowest BCUT2D eigenvalue weighted by Gasteiger charge is -2.19. The number of halogens is 5. The predicted octanol–water partition coefficient (Wildman–Crippen LogP) is 3.89. The summed E-state index contributed by atoms with van der Waals surface area (Å²) in [6.07, 6.45) is -8.71. The van der Waals surface area contributed by atoms with Crippen LogP contribution in [0.5, 0.6) is 0 Å². The van der Waals surface area contributed by atoms with Gasteiger partial charge in [0, 0.05) is 0 Å². The molecule has 23 heavy (non-hydrogen) atoms. The van der Waals surface area contributed by atoms with Gasteiger partial charge in [-0.25, -0.2) is 18.6 Å². The average Bonchev–Trinajstić information content (AvgIpc) is 2.43. The normalized spacial score (nSPS) is 11.7. The van der Waals surface area contributed by atoms with Crippen LogP contribution in [0, 0.1) is 17.2 Å². The molecule has 0 saturated heterocycles. The van der Waals surface area contributed by atoms with E-state index in [-0.39, 0.29) is 12.3 Å². The maximum Gasteiger partial charge on any atom is 0.434 e. The highest BCUT2D eigenvalue weighted by Crippen LogP contribution is 2.37. The number of nitriles is 1. The molecule has 0 aromatic carbocycles. The van der Waals surface area contributed by atoms with Crippen molar-refractivity contribution >= 4 is 5.97 Å². The standard InChI is InChI=1S/C14H13F5N2O2/c1-6(2)4-7-8(5-20)11(14(17,18)19)21-10(12(15)16)9(7)13(22)23-3/h6,12H,4H2,1-3H3. The number of hydrogen-bond donors (Lipinski definition) is 0. The molecule has 0 amide bonds. The van der Waals surface area contributed by atoms with E-state index in [1.54, 1.807) is 13.8 Å². The van der Waals surface area contributed by atoms with E-state index in [1.807, 2.05) is 0 Å². The van der Waals surface area contributed by atoms with E-state index in [0.29, 0.717) is 0 Å². The van der Waals surface area contributed by atoms with Crippen LogP contribution in [-0.4, -0.2) is 18.1 Å². The number of carbonyl (C=O) groups excluding carboxylic acids is 1. The molecule has 0 atom stereocenters. The maximum atomic E-state index is 13.1. The first-order valence-corrected chi connectivity index (χ1v) is 6.45. The fraction of sp³-hybridized carbons (Fsp3) is 0.500. The number of hydrogen-bond acceptors (Lipinski definition) is 4. The molecule has 1 rings (SSSR count). The second-order valence-electron chi connectivity index (χ2n) is 5.07. The zero-order valence-electron chi connectivity index (χ0n) is 12.5. The zero-order valence-corrected chi connectivity index (χ0v) is 12.5. The minimum absolute atomic E-state index is 0.182. The molecule has 4 nitrogen and oxygen atoms in total. The molecule has 0 radical (unpaired) electrons. The van der Waals surface area contributed by atoms with Gasteiger partial charge in [0.1, 0.15) is 11.8 Å². The lowest BCUT2D eigenvalue weighted by molar-refractivity contribution is -0.141. The SMILES string of the molecule is COC(=O)c1c(C(F)F)nc(C(F)(F)F)c(C#N)c1CC(C)C. The van der Waals surface area contributed by atoms with Crippen LogP contribution in [0.3, 0.4) is 0 Å². The monoisotopic (exact) mass is 336 g/mol. The minimum Gasteiger partial charge on any atom is -0.465 e. The molecular formula is C14H13F5N2O2. The third kappa shape index (κ3) is 3.94. The number of methoxy groups -OCH3 is 1. The van der Waals surface area contributed by atoms with E-state index in [2.05, 4.69) is 9.72 Å². The van der Waals surface area contributed by atoms with E-state index in [9.17, 15) is 26.7 Å². The fourth-order valence-corrected chi connectivity index (χ4v) is 2.08. The smallest absolute Gasteiger partial charge is 0.434 e. The van der Waals surface area contributed by atoms with E-state index in [1.165, 1.54) is 6.07 Å². The second kappa shape index (κ2) is 6.89. The summed E-state index contributed by atoms with van der Waals surface area (Å²) in [6.45, 7) is 3.22. The molecule has 1 heterocycles. The number of pyridine rings is 1. The van der Waals surface area contributed by atoms with Crippen molar-refractivity contribution in [1.29, 1.82) is 5.26 Å². The summed E-state index contributed by atoms with van der Waals surface area (Å²) < 4.78 is 69.7. The van der Waals surface area contributed by atoms with Crippen LogP contribution in [0.25, 0.3) is 0 Å². The fourth-order valence-electron chi connectivity index (χ4n) is 2.08. The first-order chi connectivity index (χ1) is 10.5. The molecule has 0 aliphatic heterocycles. The molecular weight excluding hydrogens is 323 g/mol. The summed E-state index contributed by atoms with van der Waals surface area (Å²) in [7, 11) is 0.903. The molecule has 0 N–H and O–H groups in total. The zero-order chi connectivity index (χ0) is 17.9. The van der Waals surface area contributed by atoms with Gasteiger partial charge in [0.05, 0.1) is 18.2 Å². The van der Waals surface area contributed by atoms with Crippen molar-refractivity contribution in [3.8, 4) is 6.07 Å². The Kier molecular flexibility index (Phi) is 5.64. The van der Waals surface area contributed by atoms with Crippen LogP contribution in [0.4, 0.5) is 22.0 Å². The number of ether oxygens (including phenoxy) is 1. The summed E-state index contributed by atoms with van der Waals surface area (Å²) in [6, 6.07) is 1.33. The Morgan fingerprint density at radius 1 is 1.35 bits per heavy atom. The minimum atomic E-state index is -5.10. The highest BCUT2D eigenvalue weighted by molar-refractivity contribution is 5.93. The Bertz CT molecular complexity index is 648. The second-order valence-corrected chi connectivity index (χ2v) is 5.07. The highest BCUT2D eigenvalue weighted by Gasteiger charge is 2.40. The Labute approximate surface area is 128 Å².